The maximum absolute atomic E-state index is 8.64. The molecular formula is C14H12N6S. The number of nitriles is 1. The van der Waals surface area contributed by atoms with Crippen molar-refractivity contribution >= 4 is 32.5 Å². The number of aromatic nitrogens is 3. The lowest BCUT2D eigenvalue weighted by Crippen LogP contribution is -2.14. The zero-order chi connectivity index (χ0) is 14.5. The van der Waals surface area contributed by atoms with Crippen LogP contribution in [-0.4, -0.2) is 28.3 Å². The number of hydrogen-bond acceptors (Lipinski definition) is 7. The number of nitrogens with zero attached hydrogens (tertiary/aromatic N) is 4. The van der Waals surface area contributed by atoms with Gasteiger partial charge in [0.25, 0.3) is 0 Å². The lowest BCUT2D eigenvalue weighted by atomic mass is 10.3. The number of rotatable bonds is 5. The van der Waals surface area contributed by atoms with Gasteiger partial charge in [0.05, 0.1) is 10.2 Å². The van der Waals surface area contributed by atoms with Gasteiger partial charge in [-0.1, -0.05) is 23.5 Å². The molecule has 1 aromatic carbocycles. The largest absolute Gasteiger partial charge is 0.367 e. The first kappa shape index (κ1) is 13.3. The Morgan fingerprint density at radius 3 is 2.67 bits per heavy atom. The minimum atomic E-state index is 0.313. The van der Waals surface area contributed by atoms with E-state index < -0.39 is 0 Å². The summed E-state index contributed by atoms with van der Waals surface area (Å²) >= 11 is 1.63. The maximum Gasteiger partial charge on any atom is 0.183 e. The Labute approximate surface area is 125 Å². The van der Waals surface area contributed by atoms with Crippen LogP contribution in [0.2, 0.25) is 0 Å². The monoisotopic (exact) mass is 296 g/mol. The van der Waals surface area contributed by atoms with Crippen molar-refractivity contribution < 1.29 is 0 Å². The first-order chi connectivity index (χ1) is 10.3. The molecule has 2 N–H and O–H groups in total. The third-order valence-electron chi connectivity index (χ3n) is 2.78. The molecule has 0 aliphatic heterocycles. The van der Waals surface area contributed by atoms with E-state index in [1.165, 1.54) is 4.70 Å². The Morgan fingerprint density at radius 2 is 1.90 bits per heavy atom. The van der Waals surface area contributed by atoms with Crippen LogP contribution < -0.4 is 10.6 Å². The van der Waals surface area contributed by atoms with E-state index in [9.17, 15) is 0 Å². The van der Waals surface area contributed by atoms with Gasteiger partial charge in [0, 0.05) is 13.1 Å². The Morgan fingerprint density at radius 1 is 1.05 bits per heavy atom. The first-order valence-electron chi connectivity index (χ1n) is 6.42. The van der Waals surface area contributed by atoms with Gasteiger partial charge in [0.2, 0.25) is 0 Å². The fraction of sp³-hybridized carbons (Fsp3) is 0.143. The fourth-order valence-electron chi connectivity index (χ4n) is 1.79. The molecule has 0 aliphatic carbocycles. The van der Waals surface area contributed by atoms with Crippen LogP contribution in [0.3, 0.4) is 0 Å². The average Bonchev–Trinajstić information content (AvgIpc) is 2.95. The van der Waals surface area contributed by atoms with Crippen molar-refractivity contribution in [3.63, 3.8) is 0 Å². The second-order valence-electron chi connectivity index (χ2n) is 4.26. The predicted molar refractivity (Wildman–Crippen MR) is 83.3 cm³/mol. The van der Waals surface area contributed by atoms with E-state index in [1.54, 1.807) is 23.5 Å². The minimum absolute atomic E-state index is 0.313. The van der Waals surface area contributed by atoms with Crippen molar-refractivity contribution in [1.29, 1.82) is 5.26 Å². The molecule has 0 fully saturated rings. The van der Waals surface area contributed by atoms with E-state index in [-0.39, 0.29) is 0 Å². The SMILES string of the molecule is N#Cc1ccc(NCCNc2nc3ccccc3s2)nn1. The molecule has 0 bridgehead atoms. The van der Waals surface area contributed by atoms with Crippen molar-refractivity contribution in [3.05, 3.63) is 42.1 Å². The molecular weight excluding hydrogens is 284 g/mol. The van der Waals surface area contributed by atoms with Crippen LogP contribution in [0.4, 0.5) is 10.9 Å². The zero-order valence-corrected chi connectivity index (χ0v) is 11.9. The molecule has 21 heavy (non-hydrogen) atoms. The van der Waals surface area contributed by atoms with Crippen molar-refractivity contribution in [2.75, 3.05) is 23.7 Å². The maximum atomic E-state index is 8.64. The van der Waals surface area contributed by atoms with Gasteiger partial charge in [0.1, 0.15) is 11.9 Å². The molecule has 2 heterocycles. The number of fused-ring (bicyclic) bond motifs is 1. The van der Waals surface area contributed by atoms with Gasteiger partial charge >= 0.3 is 0 Å². The third kappa shape index (κ3) is 3.24. The summed E-state index contributed by atoms with van der Waals surface area (Å²) < 4.78 is 1.17. The highest BCUT2D eigenvalue weighted by Gasteiger charge is 2.02. The topological polar surface area (TPSA) is 86.5 Å². The van der Waals surface area contributed by atoms with Gasteiger partial charge < -0.3 is 10.6 Å². The quantitative estimate of drug-likeness (QED) is 0.703. The van der Waals surface area contributed by atoms with E-state index in [0.29, 0.717) is 18.1 Å². The van der Waals surface area contributed by atoms with Gasteiger partial charge in [-0.2, -0.15) is 5.26 Å². The Kier molecular flexibility index (Phi) is 3.89. The van der Waals surface area contributed by atoms with E-state index in [4.69, 9.17) is 5.26 Å². The Bertz CT molecular complexity index is 741. The van der Waals surface area contributed by atoms with Gasteiger partial charge in [-0.3, -0.25) is 0 Å². The Balaban J connectivity index is 1.50. The average molecular weight is 296 g/mol. The van der Waals surface area contributed by atoms with Crippen molar-refractivity contribution in [3.8, 4) is 6.07 Å². The van der Waals surface area contributed by atoms with E-state index in [1.807, 2.05) is 24.3 Å². The molecule has 0 atom stereocenters. The third-order valence-corrected chi connectivity index (χ3v) is 3.77. The number of hydrogen-bond donors (Lipinski definition) is 2. The summed E-state index contributed by atoms with van der Waals surface area (Å²) in [6.07, 6.45) is 0. The summed E-state index contributed by atoms with van der Waals surface area (Å²) in [4.78, 5) is 4.50. The van der Waals surface area contributed by atoms with Crippen LogP contribution in [0.15, 0.2) is 36.4 Å². The van der Waals surface area contributed by atoms with Crippen LogP contribution in [0.5, 0.6) is 0 Å². The van der Waals surface area contributed by atoms with Gasteiger partial charge in [0.15, 0.2) is 10.8 Å². The van der Waals surface area contributed by atoms with Crippen molar-refractivity contribution in [1.82, 2.24) is 15.2 Å². The normalized spacial score (nSPS) is 10.2. The number of benzene rings is 1. The molecule has 0 amide bonds. The Hall–Kier alpha value is -2.72. The molecule has 0 saturated carbocycles. The fourth-order valence-corrected chi connectivity index (χ4v) is 2.69. The highest BCUT2D eigenvalue weighted by molar-refractivity contribution is 7.22. The van der Waals surface area contributed by atoms with Gasteiger partial charge in [-0.15, -0.1) is 10.2 Å². The van der Waals surface area contributed by atoms with Gasteiger partial charge in [-0.05, 0) is 24.3 Å². The highest BCUT2D eigenvalue weighted by Crippen LogP contribution is 2.24. The smallest absolute Gasteiger partial charge is 0.183 e. The molecule has 0 spiro atoms. The number of anilines is 2. The van der Waals surface area contributed by atoms with Crippen LogP contribution in [0.1, 0.15) is 5.69 Å². The molecule has 2 aromatic heterocycles. The van der Waals surface area contributed by atoms with Crippen molar-refractivity contribution in [2.24, 2.45) is 0 Å². The van der Waals surface area contributed by atoms with Crippen LogP contribution in [0.25, 0.3) is 10.2 Å². The zero-order valence-electron chi connectivity index (χ0n) is 11.1. The van der Waals surface area contributed by atoms with Gasteiger partial charge in [-0.25, -0.2) is 4.98 Å². The molecule has 7 heteroatoms. The second-order valence-corrected chi connectivity index (χ2v) is 5.29. The molecule has 0 unspecified atom stereocenters. The van der Waals surface area contributed by atoms with E-state index in [2.05, 4.69) is 31.9 Å². The summed E-state index contributed by atoms with van der Waals surface area (Å²) in [5.41, 5.74) is 1.32. The van der Waals surface area contributed by atoms with Crippen LogP contribution >= 0.6 is 11.3 Å². The summed E-state index contributed by atoms with van der Waals surface area (Å²) in [6, 6.07) is 13.4. The highest BCUT2D eigenvalue weighted by atomic mass is 32.1. The first-order valence-corrected chi connectivity index (χ1v) is 7.24. The van der Waals surface area contributed by atoms with Crippen LogP contribution in [0, 0.1) is 11.3 Å². The molecule has 104 valence electrons. The molecule has 6 nitrogen and oxygen atoms in total. The standard InChI is InChI=1S/C14H12N6S/c15-9-10-5-6-13(20-19-10)16-7-8-17-14-18-11-3-1-2-4-12(11)21-14/h1-6H,7-8H2,(H,16,20)(H,17,18). The molecule has 3 rings (SSSR count). The lowest BCUT2D eigenvalue weighted by molar-refractivity contribution is 0.978. The summed E-state index contributed by atoms with van der Waals surface area (Å²) in [6.45, 7) is 1.41. The molecule has 0 saturated heterocycles. The predicted octanol–water partition coefficient (Wildman–Crippen LogP) is 2.48. The molecule has 3 aromatic rings. The van der Waals surface area contributed by atoms with Crippen molar-refractivity contribution in [2.45, 2.75) is 0 Å². The summed E-state index contributed by atoms with van der Waals surface area (Å²) in [5, 5.41) is 23.6. The number of nitrogens with one attached hydrogen (secondary N) is 2. The van der Waals surface area contributed by atoms with E-state index >= 15 is 0 Å². The summed E-state index contributed by atoms with van der Waals surface area (Å²) in [7, 11) is 0. The molecule has 0 aliphatic rings. The van der Waals surface area contributed by atoms with Crippen LogP contribution in [-0.2, 0) is 0 Å². The number of para-hydroxylation sites is 1. The summed E-state index contributed by atoms with van der Waals surface area (Å²) in [5.74, 6) is 0.653. The minimum Gasteiger partial charge on any atom is -0.367 e. The molecule has 0 radical (unpaired) electrons. The lowest BCUT2D eigenvalue weighted by Gasteiger charge is -2.05. The number of thiazole rings is 1. The second kappa shape index (κ2) is 6.15. The van der Waals surface area contributed by atoms with E-state index in [0.717, 1.165) is 17.2 Å².